The fourth-order valence-corrected chi connectivity index (χ4v) is 2.34. The van der Waals surface area contributed by atoms with Crippen molar-refractivity contribution in [3.63, 3.8) is 0 Å². The first-order valence-corrected chi connectivity index (χ1v) is 7.02. The normalized spacial score (nSPS) is 10.8. The number of ether oxygens (including phenoxy) is 1. The Balaban J connectivity index is 1.77. The summed E-state index contributed by atoms with van der Waals surface area (Å²) in [5.74, 6) is 0.788. The lowest BCUT2D eigenvalue weighted by Crippen LogP contribution is -2.01. The largest absolute Gasteiger partial charge is 0.487 e. The van der Waals surface area contributed by atoms with Crippen molar-refractivity contribution in [2.45, 2.75) is 20.1 Å². The van der Waals surface area contributed by atoms with Crippen LogP contribution in [0, 0.1) is 6.92 Å². The Bertz CT molecular complexity index is 768. The number of rotatable bonds is 4. The van der Waals surface area contributed by atoms with E-state index in [2.05, 4.69) is 24.0 Å². The summed E-state index contributed by atoms with van der Waals surface area (Å²) in [6.07, 6.45) is 1.77. The van der Waals surface area contributed by atoms with Crippen LogP contribution in [0.15, 0.2) is 54.7 Å². The number of nitrogens with zero attached hydrogens (tertiary/aromatic N) is 1. The van der Waals surface area contributed by atoms with Gasteiger partial charge in [-0.05, 0) is 35.7 Å². The van der Waals surface area contributed by atoms with E-state index in [1.807, 2.05) is 36.4 Å². The number of aromatic nitrogens is 1. The minimum Gasteiger partial charge on any atom is -0.487 e. The Morgan fingerprint density at radius 1 is 1.10 bits per heavy atom. The molecule has 0 radical (unpaired) electrons. The molecular weight excluding hydrogens is 260 g/mol. The molecule has 0 amide bonds. The van der Waals surface area contributed by atoms with Crippen molar-refractivity contribution in [3.05, 3.63) is 71.4 Å². The number of para-hydroxylation sites is 1. The van der Waals surface area contributed by atoms with Gasteiger partial charge < -0.3 is 10.5 Å². The second-order valence-electron chi connectivity index (χ2n) is 5.12. The van der Waals surface area contributed by atoms with E-state index < -0.39 is 0 Å². The molecule has 2 aromatic carbocycles. The summed E-state index contributed by atoms with van der Waals surface area (Å²) < 4.78 is 5.86. The van der Waals surface area contributed by atoms with E-state index in [1.165, 1.54) is 11.1 Å². The predicted octanol–water partition coefficient (Wildman–Crippen LogP) is 3.58. The lowest BCUT2D eigenvalue weighted by molar-refractivity contribution is 0.304. The third-order valence-electron chi connectivity index (χ3n) is 3.60. The van der Waals surface area contributed by atoms with Crippen LogP contribution < -0.4 is 10.5 Å². The molecule has 0 atom stereocenters. The van der Waals surface area contributed by atoms with Crippen molar-refractivity contribution in [2.24, 2.45) is 5.73 Å². The van der Waals surface area contributed by atoms with Gasteiger partial charge in [-0.2, -0.15) is 0 Å². The van der Waals surface area contributed by atoms with Gasteiger partial charge in [0.05, 0.1) is 11.7 Å². The summed E-state index contributed by atoms with van der Waals surface area (Å²) in [7, 11) is 0. The molecule has 0 aliphatic carbocycles. The minimum atomic E-state index is 0.538. The third-order valence-corrected chi connectivity index (χ3v) is 3.60. The van der Waals surface area contributed by atoms with E-state index in [-0.39, 0.29) is 0 Å². The van der Waals surface area contributed by atoms with Crippen molar-refractivity contribution in [2.75, 3.05) is 0 Å². The van der Waals surface area contributed by atoms with Crippen LogP contribution in [0.25, 0.3) is 10.9 Å². The van der Waals surface area contributed by atoms with Crippen LogP contribution >= 0.6 is 0 Å². The number of fused-ring (bicyclic) bond motifs is 1. The van der Waals surface area contributed by atoms with Gasteiger partial charge in [0.25, 0.3) is 0 Å². The predicted molar refractivity (Wildman–Crippen MR) is 85.1 cm³/mol. The van der Waals surface area contributed by atoms with Gasteiger partial charge in [0, 0.05) is 11.9 Å². The molecule has 106 valence electrons. The number of hydrogen-bond donors (Lipinski definition) is 1. The third kappa shape index (κ3) is 3.03. The Morgan fingerprint density at radius 2 is 1.95 bits per heavy atom. The van der Waals surface area contributed by atoms with Crippen LogP contribution in [0.3, 0.4) is 0 Å². The SMILES string of the molecule is Cc1cc(CN)ccc1COc1cnc2ccccc2c1. The van der Waals surface area contributed by atoms with E-state index >= 15 is 0 Å². The number of pyridine rings is 1. The smallest absolute Gasteiger partial charge is 0.138 e. The molecule has 1 aromatic heterocycles. The van der Waals surface area contributed by atoms with Crippen molar-refractivity contribution in [1.82, 2.24) is 4.98 Å². The van der Waals surface area contributed by atoms with E-state index in [0.717, 1.165) is 22.2 Å². The lowest BCUT2D eigenvalue weighted by Gasteiger charge is -2.10. The van der Waals surface area contributed by atoms with Gasteiger partial charge in [-0.3, -0.25) is 4.98 Å². The lowest BCUT2D eigenvalue weighted by atomic mass is 10.1. The van der Waals surface area contributed by atoms with Crippen molar-refractivity contribution < 1.29 is 4.74 Å². The zero-order valence-electron chi connectivity index (χ0n) is 12.0. The molecule has 0 saturated carbocycles. The quantitative estimate of drug-likeness (QED) is 0.793. The Labute approximate surface area is 124 Å². The summed E-state index contributed by atoms with van der Waals surface area (Å²) in [5.41, 5.74) is 10.1. The first kappa shape index (κ1) is 13.6. The zero-order valence-corrected chi connectivity index (χ0v) is 12.0. The van der Waals surface area contributed by atoms with Crippen LogP contribution in [0.1, 0.15) is 16.7 Å². The van der Waals surface area contributed by atoms with Gasteiger partial charge in [0.1, 0.15) is 12.4 Å². The molecule has 3 heteroatoms. The maximum Gasteiger partial charge on any atom is 0.138 e. The van der Waals surface area contributed by atoms with Gasteiger partial charge in [0.2, 0.25) is 0 Å². The highest BCUT2D eigenvalue weighted by molar-refractivity contribution is 5.79. The fourth-order valence-electron chi connectivity index (χ4n) is 2.34. The number of benzene rings is 2. The first-order valence-electron chi connectivity index (χ1n) is 7.02. The highest BCUT2D eigenvalue weighted by Crippen LogP contribution is 2.20. The van der Waals surface area contributed by atoms with E-state index in [4.69, 9.17) is 10.5 Å². The Kier molecular flexibility index (Phi) is 3.84. The van der Waals surface area contributed by atoms with Gasteiger partial charge in [-0.25, -0.2) is 0 Å². The average Bonchev–Trinajstić information content (AvgIpc) is 2.53. The molecule has 0 aliphatic rings. The van der Waals surface area contributed by atoms with E-state index in [9.17, 15) is 0 Å². The molecule has 0 bridgehead atoms. The van der Waals surface area contributed by atoms with Gasteiger partial charge in [0.15, 0.2) is 0 Å². The van der Waals surface area contributed by atoms with Crippen molar-refractivity contribution in [1.29, 1.82) is 0 Å². The summed E-state index contributed by atoms with van der Waals surface area (Å²) in [6, 6.07) is 16.3. The molecule has 0 fully saturated rings. The number of nitrogens with two attached hydrogens (primary N) is 1. The summed E-state index contributed by atoms with van der Waals surface area (Å²) in [4.78, 5) is 4.40. The molecule has 0 aliphatic heterocycles. The van der Waals surface area contributed by atoms with Crippen LogP contribution in [0.5, 0.6) is 5.75 Å². The van der Waals surface area contributed by atoms with E-state index in [0.29, 0.717) is 13.2 Å². The number of aryl methyl sites for hydroxylation is 1. The molecule has 1 heterocycles. The fraction of sp³-hybridized carbons (Fsp3) is 0.167. The number of hydrogen-bond acceptors (Lipinski definition) is 3. The minimum absolute atomic E-state index is 0.538. The second-order valence-corrected chi connectivity index (χ2v) is 5.12. The molecule has 21 heavy (non-hydrogen) atoms. The molecule has 0 saturated heterocycles. The van der Waals surface area contributed by atoms with Crippen molar-refractivity contribution in [3.8, 4) is 5.75 Å². The molecule has 3 nitrogen and oxygen atoms in total. The Hall–Kier alpha value is -2.39. The summed E-state index contributed by atoms with van der Waals surface area (Å²) in [5, 5.41) is 1.09. The molecule has 3 aromatic rings. The molecule has 2 N–H and O–H groups in total. The van der Waals surface area contributed by atoms with Gasteiger partial charge >= 0.3 is 0 Å². The summed E-state index contributed by atoms with van der Waals surface area (Å²) in [6.45, 7) is 3.18. The Morgan fingerprint density at radius 3 is 2.76 bits per heavy atom. The molecule has 0 spiro atoms. The maximum atomic E-state index is 5.86. The maximum absolute atomic E-state index is 5.86. The van der Waals surface area contributed by atoms with Crippen LogP contribution in [0.2, 0.25) is 0 Å². The van der Waals surface area contributed by atoms with Crippen LogP contribution in [0.4, 0.5) is 0 Å². The first-order chi connectivity index (χ1) is 10.3. The topological polar surface area (TPSA) is 48.1 Å². The second kappa shape index (κ2) is 5.94. The van der Waals surface area contributed by atoms with E-state index in [1.54, 1.807) is 6.20 Å². The summed E-state index contributed by atoms with van der Waals surface area (Å²) >= 11 is 0. The molecular formula is C18H18N2O. The highest BCUT2D eigenvalue weighted by atomic mass is 16.5. The monoisotopic (exact) mass is 278 g/mol. The standard InChI is InChI=1S/C18H18N2O/c1-13-8-14(10-19)6-7-16(13)12-21-17-9-15-4-2-3-5-18(15)20-11-17/h2-9,11H,10,12,19H2,1H3. The average molecular weight is 278 g/mol. The van der Waals surface area contributed by atoms with Crippen LogP contribution in [-0.4, -0.2) is 4.98 Å². The van der Waals surface area contributed by atoms with Crippen molar-refractivity contribution >= 4 is 10.9 Å². The molecule has 0 unspecified atom stereocenters. The highest BCUT2D eigenvalue weighted by Gasteiger charge is 2.02. The van der Waals surface area contributed by atoms with Gasteiger partial charge in [-0.1, -0.05) is 36.4 Å². The zero-order chi connectivity index (χ0) is 14.7. The molecule has 3 rings (SSSR count). The van der Waals surface area contributed by atoms with Gasteiger partial charge in [-0.15, -0.1) is 0 Å². The van der Waals surface area contributed by atoms with Crippen LogP contribution in [-0.2, 0) is 13.2 Å².